The van der Waals surface area contributed by atoms with Gasteiger partial charge in [0.15, 0.2) is 17.6 Å². The molecule has 28 heavy (non-hydrogen) atoms. The molecular weight excluding hydrogens is 360 g/mol. The van der Waals surface area contributed by atoms with Gasteiger partial charge in [0.25, 0.3) is 0 Å². The standard InChI is InChI=1S/C22H24O6/c1-5-27-18-10-8-17(9-11-18)22(24)15(2)28-21(23)13-7-16-6-12-19(25-3)20(14-16)26-4/h6-15H,5H2,1-4H3/b13-7+/t15-/m0/s1. The topological polar surface area (TPSA) is 71.1 Å². The summed E-state index contributed by atoms with van der Waals surface area (Å²) in [5.41, 5.74) is 1.19. The average molecular weight is 384 g/mol. The van der Waals surface area contributed by atoms with Crippen LogP contribution in [0.1, 0.15) is 29.8 Å². The number of hydrogen-bond acceptors (Lipinski definition) is 6. The van der Waals surface area contributed by atoms with Gasteiger partial charge in [-0.2, -0.15) is 0 Å². The van der Waals surface area contributed by atoms with Crippen LogP contribution in [0.2, 0.25) is 0 Å². The summed E-state index contributed by atoms with van der Waals surface area (Å²) in [5.74, 6) is 0.938. The third-order valence-corrected chi connectivity index (χ3v) is 3.93. The molecule has 0 fully saturated rings. The monoisotopic (exact) mass is 384 g/mol. The number of ketones is 1. The lowest BCUT2D eigenvalue weighted by Crippen LogP contribution is -2.23. The van der Waals surface area contributed by atoms with Crippen molar-refractivity contribution in [2.24, 2.45) is 0 Å². The van der Waals surface area contributed by atoms with Crippen molar-refractivity contribution in [3.63, 3.8) is 0 Å². The number of ether oxygens (including phenoxy) is 4. The summed E-state index contributed by atoms with van der Waals surface area (Å²) < 4.78 is 20.9. The van der Waals surface area contributed by atoms with E-state index in [1.54, 1.807) is 62.6 Å². The molecule has 2 aromatic carbocycles. The highest BCUT2D eigenvalue weighted by Crippen LogP contribution is 2.28. The highest BCUT2D eigenvalue weighted by atomic mass is 16.5. The Bertz CT molecular complexity index is 839. The molecule has 0 spiro atoms. The second-order valence-corrected chi connectivity index (χ2v) is 5.85. The zero-order valence-corrected chi connectivity index (χ0v) is 16.4. The minimum atomic E-state index is -0.902. The average Bonchev–Trinajstić information content (AvgIpc) is 2.72. The minimum absolute atomic E-state index is 0.282. The molecule has 0 N–H and O–H groups in total. The number of methoxy groups -OCH3 is 2. The Morgan fingerprint density at radius 3 is 2.29 bits per heavy atom. The van der Waals surface area contributed by atoms with E-state index in [4.69, 9.17) is 18.9 Å². The second-order valence-electron chi connectivity index (χ2n) is 5.85. The van der Waals surface area contributed by atoms with E-state index in [1.807, 2.05) is 6.92 Å². The summed E-state index contributed by atoms with van der Waals surface area (Å²) in [6, 6.07) is 12.0. The second kappa shape index (κ2) is 10.2. The molecule has 0 unspecified atom stereocenters. The van der Waals surface area contributed by atoms with E-state index in [9.17, 15) is 9.59 Å². The van der Waals surface area contributed by atoms with E-state index >= 15 is 0 Å². The summed E-state index contributed by atoms with van der Waals surface area (Å²) in [4.78, 5) is 24.4. The van der Waals surface area contributed by atoms with E-state index in [-0.39, 0.29) is 5.78 Å². The van der Waals surface area contributed by atoms with E-state index in [0.29, 0.717) is 29.4 Å². The van der Waals surface area contributed by atoms with Crippen LogP contribution in [0.4, 0.5) is 0 Å². The SMILES string of the molecule is CCOc1ccc(C(=O)[C@H](C)OC(=O)/C=C/c2ccc(OC)c(OC)c2)cc1. The highest BCUT2D eigenvalue weighted by Gasteiger charge is 2.18. The van der Waals surface area contributed by atoms with Crippen molar-refractivity contribution in [1.29, 1.82) is 0 Å². The largest absolute Gasteiger partial charge is 0.494 e. The first-order valence-corrected chi connectivity index (χ1v) is 8.86. The number of esters is 1. The Kier molecular flexibility index (Phi) is 7.63. The number of Topliss-reactive ketones (excluding diaryl/α,β-unsaturated/α-hetero) is 1. The molecule has 0 bridgehead atoms. The van der Waals surface area contributed by atoms with Gasteiger partial charge in [-0.3, -0.25) is 4.79 Å². The normalized spacial score (nSPS) is 11.7. The molecule has 0 aliphatic rings. The first kappa shape index (κ1) is 21.0. The van der Waals surface area contributed by atoms with Crippen molar-refractivity contribution in [1.82, 2.24) is 0 Å². The van der Waals surface area contributed by atoms with Crippen LogP contribution in [0.25, 0.3) is 6.08 Å². The predicted octanol–water partition coefficient (Wildman–Crippen LogP) is 3.93. The molecule has 6 heteroatoms. The van der Waals surface area contributed by atoms with Crippen LogP contribution in [0.5, 0.6) is 17.2 Å². The van der Waals surface area contributed by atoms with Crippen molar-refractivity contribution in [3.05, 3.63) is 59.7 Å². The maximum absolute atomic E-state index is 12.4. The zero-order valence-electron chi connectivity index (χ0n) is 16.4. The van der Waals surface area contributed by atoms with E-state index in [0.717, 1.165) is 5.56 Å². The smallest absolute Gasteiger partial charge is 0.331 e. The molecule has 0 saturated carbocycles. The third kappa shape index (κ3) is 5.61. The van der Waals surface area contributed by atoms with E-state index in [2.05, 4.69) is 0 Å². The van der Waals surface area contributed by atoms with Crippen molar-refractivity contribution in [3.8, 4) is 17.2 Å². The van der Waals surface area contributed by atoms with Crippen LogP contribution in [0.3, 0.4) is 0 Å². The molecule has 2 aromatic rings. The number of hydrogen-bond donors (Lipinski definition) is 0. The Labute approximate surface area is 164 Å². The van der Waals surface area contributed by atoms with Gasteiger partial charge in [-0.15, -0.1) is 0 Å². The van der Waals surface area contributed by atoms with E-state index < -0.39 is 12.1 Å². The number of carbonyl (C=O) groups excluding carboxylic acids is 2. The number of rotatable bonds is 9. The molecule has 0 aliphatic carbocycles. The van der Waals surface area contributed by atoms with Gasteiger partial charge in [-0.1, -0.05) is 6.07 Å². The lowest BCUT2D eigenvalue weighted by atomic mass is 10.1. The Morgan fingerprint density at radius 2 is 1.68 bits per heavy atom. The molecule has 2 rings (SSSR count). The summed E-state index contributed by atoms with van der Waals surface area (Å²) in [5, 5.41) is 0. The Hall–Kier alpha value is -3.28. The molecule has 0 amide bonds. The van der Waals surface area contributed by atoms with Gasteiger partial charge in [-0.05, 0) is 61.9 Å². The highest BCUT2D eigenvalue weighted by molar-refractivity contribution is 6.01. The van der Waals surface area contributed by atoms with Gasteiger partial charge >= 0.3 is 5.97 Å². The number of benzene rings is 2. The first-order valence-electron chi connectivity index (χ1n) is 8.86. The van der Waals surface area contributed by atoms with Crippen LogP contribution in [-0.2, 0) is 9.53 Å². The van der Waals surface area contributed by atoms with Crippen LogP contribution in [0, 0.1) is 0 Å². The summed E-state index contributed by atoms with van der Waals surface area (Å²) >= 11 is 0. The quantitative estimate of drug-likeness (QED) is 0.371. The van der Waals surface area contributed by atoms with Crippen molar-refractivity contribution >= 4 is 17.8 Å². The van der Waals surface area contributed by atoms with Crippen molar-refractivity contribution in [2.75, 3.05) is 20.8 Å². The van der Waals surface area contributed by atoms with Gasteiger partial charge in [-0.25, -0.2) is 4.79 Å². The first-order chi connectivity index (χ1) is 13.5. The predicted molar refractivity (Wildman–Crippen MR) is 106 cm³/mol. The van der Waals surface area contributed by atoms with Crippen LogP contribution < -0.4 is 14.2 Å². The lowest BCUT2D eigenvalue weighted by Gasteiger charge is -2.11. The summed E-state index contributed by atoms with van der Waals surface area (Å²) in [7, 11) is 3.08. The Balaban J connectivity index is 1.97. The molecule has 0 aromatic heterocycles. The molecular formula is C22H24O6. The number of carbonyl (C=O) groups is 2. The summed E-state index contributed by atoms with van der Waals surface area (Å²) in [6.45, 7) is 3.98. The molecule has 6 nitrogen and oxygen atoms in total. The third-order valence-electron chi connectivity index (χ3n) is 3.93. The van der Waals surface area contributed by atoms with Gasteiger partial charge in [0.1, 0.15) is 5.75 Å². The van der Waals surface area contributed by atoms with Gasteiger partial charge in [0.2, 0.25) is 5.78 Å². The van der Waals surface area contributed by atoms with Crippen molar-refractivity contribution < 1.29 is 28.5 Å². The molecule has 0 aliphatic heterocycles. The molecule has 1 atom stereocenters. The van der Waals surface area contributed by atoms with Crippen LogP contribution in [0.15, 0.2) is 48.5 Å². The maximum atomic E-state index is 12.4. The minimum Gasteiger partial charge on any atom is -0.494 e. The van der Waals surface area contributed by atoms with Crippen LogP contribution in [-0.4, -0.2) is 38.7 Å². The van der Waals surface area contributed by atoms with Gasteiger partial charge in [0.05, 0.1) is 20.8 Å². The fraction of sp³-hybridized carbons (Fsp3) is 0.273. The fourth-order valence-electron chi connectivity index (χ4n) is 2.50. The van der Waals surface area contributed by atoms with Crippen LogP contribution >= 0.6 is 0 Å². The molecule has 148 valence electrons. The Morgan fingerprint density at radius 1 is 1.00 bits per heavy atom. The molecule has 0 radical (unpaired) electrons. The fourth-order valence-corrected chi connectivity index (χ4v) is 2.50. The van der Waals surface area contributed by atoms with Crippen molar-refractivity contribution in [2.45, 2.75) is 20.0 Å². The zero-order chi connectivity index (χ0) is 20.5. The molecule has 0 saturated heterocycles. The van der Waals surface area contributed by atoms with E-state index in [1.165, 1.54) is 13.2 Å². The summed E-state index contributed by atoms with van der Waals surface area (Å²) in [6.07, 6.45) is 1.95. The van der Waals surface area contributed by atoms with Gasteiger partial charge < -0.3 is 18.9 Å². The lowest BCUT2D eigenvalue weighted by molar-refractivity contribution is -0.140. The molecule has 0 heterocycles. The van der Waals surface area contributed by atoms with Gasteiger partial charge in [0, 0.05) is 11.6 Å². The maximum Gasteiger partial charge on any atom is 0.331 e.